The van der Waals surface area contributed by atoms with Crippen molar-refractivity contribution in [2.75, 3.05) is 23.5 Å². The number of aromatic nitrogens is 2. The van der Waals surface area contributed by atoms with Gasteiger partial charge in [0.05, 0.1) is 31.9 Å². The van der Waals surface area contributed by atoms with E-state index in [4.69, 9.17) is 5.73 Å². The van der Waals surface area contributed by atoms with Gasteiger partial charge in [0, 0.05) is 11.5 Å². The fraction of sp³-hybridized carbons (Fsp3) is 0.524. The van der Waals surface area contributed by atoms with E-state index in [-0.39, 0.29) is 0 Å². The molecule has 3 unspecified atom stereocenters. The first-order valence-corrected chi connectivity index (χ1v) is 9.96. The molecule has 0 saturated heterocycles. The molecule has 2 aromatic heterocycles. The van der Waals surface area contributed by atoms with Gasteiger partial charge in [-0.2, -0.15) is 0 Å². The molecule has 2 bridgehead atoms. The Morgan fingerprint density at radius 1 is 1.12 bits per heavy atom. The fourth-order valence-corrected chi connectivity index (χ4v) is 5.58. The number of rotatable bonds is 3. The van der Waals surface area contributed by atoms with E-state index in [1.54, 1.807) is 5.56 Å². The molecule has 1 saturated carbocycles. The Hall–Kier alpha value is -2.30. The van der Waals surface area contributed by atoms with E-state index in [0.29, 0.717) is 17.9 Å². The average molecular weight is 351 g/mol. The molecule has 3 atom stereocenters. The molecule has 0 radical (unpaired) electrons. The van der Waals surface area contributed by atoms with Gasteiger partial charge in [-0.25, -0.2) is 4.57 Å². The third-order valence-corrected chi connectivity index (χ3v) is 6.82. The highest BCUT2D eigenvalue weighted by Gasteiger charge is 2.48. The van der Waals surface area contributed by atoms with Crippen LogP contribution in [0, 0.1) is 0 Å². The second kappa shape index (κ2) is 5.86. The van der Waals surface area contributed by atoms with E-state index in [1.165, 1.54) is 54.6 Å². The van der Waals surface area contributed by atoms with E-state index in [2.05, 4.69) is 51.6 Å². The molecule has 2 aromatic rings. The van der Waals surface area contributed by atoms with E-state index >= 15 is 0 Å². The number of nitrogens with two attached hydrogens (primary N) is 1. The van der Waals surface area contributed by atoms with E-state index < -0.39 is 0 Å². The molecule has 136 valence electrons. The molecule has 5 rings (SSSR count). The van der Waals surface area contributed by atoms with Crippen molar-refractivity contribution >= 4 is 11.6 Å². The number of nitrogens with zero attached hydrogens (tertiary/aromatic N) is 2. The highest BCUT2D eigenvalue weighted by molar-refractivity contribution is 5.54. The number of hydrogen-bond donors (Lipinski definition) is 3. The molecule has 5 nitrogen and oxygen atoms in total. The molecule has 26 heavy (non-hydrogen) atoms. The summed E-state index contributed by atoms with van der Waals surface area (Å²) in [7, 11) is 4.15. The SMILES string of the molecule is CNc1c2c(cc[n+]1C)C1CC(N[n+]3ccc4c(c3N)CCCC4)C2C1. The second-order valence-corrected chi connectivity index (χ2v) is 8.19. The van der Waals surface area contributed by atoms with Gasteiger partial charge in [-0.15, -0.1) is 4.68 Å². The number of nitrogen functional groups attached to an aromatic ring is 1. The molecule has 4 N–H and O–H groups in total. The maximum atomic E-state index is 6.54. The third kappa shape index (κ3) is 2.22. The number of pyridine rings is 2. The fourth-order valence-electron chi connectivity index (χ4n) is 5.58. The van der Waals surface area contributed by atoms with Gasteiger partial charge in [0.1, 0.15) is 6.20 Å². The summed E-state index contributed by atoms with van der Waals surface area (Å²) < 4.78 is 4.30. The zero-order chi connectivity index (χ0) is 17.8. The van der Waals surface area contributed by atoms with Crippen LogP contribution in [0.3, 0.4) is 0 Å². The van der Waals surface area contributed by atoms with Gasteiger partial charge in [0.2, 0.25) is 0 Å². The van der Waals surface area contributed by atoms with Crippen LogP contribution in [0.1, 0.15) is 59.8 Å². The minimum atomic E-state index is 0.441. The van der Waals surface area contributed by atoms with Crippen LogP contribution in [0.15, 0.2) is 24.5 Å². The summed E-state index contributed by atoms with van der Waals surface area (Å²) in [6.07, 6.45) is 11.6. The second-order valence-electron chi connectivity index (χ2n) is 8.19. The Morgan fingerprint density at radius 2 is 1.96 bits per heavy atom. The summed E-state index contributed by atoms with van der Waals surface area (Å²) in [6, 6.07) is 5.02. The molecular formula is C21H29N5+2. The van der Waals surface area contributed by atoms with E-state index in [9.17, 15) is 0 Å². The van der Waals surface area contributed by atoms with Gasteiger partial charge in [0.15, 0.2) is 0 Å². The zero-order valence-electron chi connectivity index (χ0n) is 15.8. The normalized spacial score (nSPS) is 25.7. The van der Waals surface area contributed by atoms with E-state index in [1.807, 2.05) is 7.05 Å². The Balaban J connectivity index is 1.47. The number of anilines is 2. The lowest BCUT2D eigenvalue weighted by Crippen LogP contribution is -2.54. The maximum absolute atomic E-state index is 6.54. The number of fused-ring (bicyclic) bond motifs is 6. The third-order valence-electron chi connectivity index (χ3n) is 6.82. The van der Waals surface area contributed by atoms with Crippen molar-refractivity contribution in [2.24, 2.45) is 7.05 Å². The molecule has 0 aliphatic heterocycles. The average Bonchev–Trinajstić information content (AvgIpc) is 3.23. The van der Waals surface area contributed by atoms with Crippen molar-refractivity contribution in [3.8, 4) is 0 Å². The Bertz CT molecular complexity index is 875. The van der Waals surface area contributed by atoms with Gasteiger partial charge < -0.3 is 0 Å². The number of hydrogen-bond acceptors (Lipinski definition) is 3. The Kier molecular flexibility index (Phi) is 3.59. The summed E-state index contributed by atoms with van der Waals surface area (Å²) >= 11 is 0. The molecule has 2 heterocycles. The summed E-state index contributed by atoms with van der Waals surface area (Å²) in [5, 5.41) is 3.42. The standard InChI is InChI=1S/C21H27N5/c1-23-21-19-15(8-9-25(21)2)14-11-17(19)18(12-14)24-26-10-7-13-5-3-4-6-16(13)20(26)22/h7-10,14,17-18,22,24H,3-6,11-12H2,1-2H3/p+2. The van der Waals surface area contributed by atoms with Crippen molar-refractivity contribution in [1.82, 2.24) is 0 Å². The van der Waals surface area contributed by atoms with Crippen molar-refractivity contribution in [3.63, 3.8) is 0 Å². The maximum Gasteiger partial charge on any atom is 0.299 e. The largest absolute Gasteiger partial charge is 0.299 e. The first-order chi connectivity index (χ1) is 12.7. The smallest absolute Gasteiger partial charge is 0.285 e. The van der Waals surface area contributed by atoms with Crippen LogP contribution in [0.2, 0.25) is 0 Å². The van der Waals surface area contributed by atoms with Gasteiger partial charge in [-0.1, -0.05) is 0 Å². The first-order valence-electron chi connectivity index (χ1n) is 9.96. The number of aryl methyl sites for hydroxylation is 2. The molecule has 0 spiro atoms. The van der Waals surface area contributed by atoms with Crippen LogP contribution in [-0.4, -0.2) is 13.1 Å². The predicted octanol–water partition coefficient (Wildman–Crippen LogP) is 1.89. The molecule has 0 aromatic carbocycles. The van der Waals surface area contributed by atoms with Gasteiger partial charge in [0.25, 0.3) is 11.6 Å². The van der Waals surface area contributed by atoms with Crippen LogP contribution >= 0.6 is 0 Å². The molecule has 0 amide bonds. The predicted molar refractivity (Wildman–Crippen MR) is 103 cm³/mol. The summed E-state index contributed by atoms with van der Waals surface area (Å²) in [5.41, 5.74) is 16.1. The molecule has 5 heteroatoms. The highest BCUT2D eigenvalue weighted by atomic mass is 15.4. The monoisotopic (exact) mass is 351 g/mol. The lowest BCUT2D eigenvalue weighted by atomic mass is 9.89. The van der Waals surface area contributed by atoms with Crippen molar-refractivity contribution < 1.29 is 9.24 Å². The van der Waals surface area contributed by atoms with Crippen LogP contribution in [0.4, 0.5) is 11.6 Å². The Morgan fingerprint density at radius 3 is 2.81 bits per heavy atom. The minimum Gasteiger partial charge on any atom is -0.285 e. The lowest BCUT2D eigenvalue weighted by molar-refractivity contribution is -0.657. The number of nitrogens with one attached hydrogen (secondary N) is 2. The Labute approximate surface area is 155 Å². The van der Waals surface area contributed by atoms with Crippen molar-refractivity contribution in [3.05, 3.63) is 46.8 Å². The van der Waals surface area contributed by atoms with Crippen LogP contribution < -0.4 is 25.7 Å². The molecule has 3 aliphatic rings. The van der Waals surface area contributed by atoms with Gasteiger partial charge in [-0.05, 0) is 67.7 Å². The molecule has 1 fully saturated rings. The van der Waals surface area contributed by atoms with Crippen LogP contribution in [0.5, 0.6) is 0 Å². The zero-order valence-corrected chi connectivity index (χ0v) is 15.8. The van der Waals surface area contributed by atoms with Gasteiger partial charge in [-0.3, -0.25) is 16.5 Å². The van der Waals surface area contributed by atoms with Crippen LogP contribution in [0.25, 0.3) is 0 Å². The first kappa shape index (κ1) is 15.9. The van der Waals surface area contributed by atoms with Crippen LogP contribution in [-0.2, 0) is 19.9 Å². The van der Waals surface area contributed by atoms with Gasteiger partial charge >= 0.3 is 0 Å². The summed E-state index contributed by atoms with van der Waals surface area (Å²) in [6.45, 7) is 0. The van der Waals surface area contributed by atoms with E-state index in [0.717, 1.165) is 12.2 Å². The topological polar surface area (TPSA) is 57.8 Å². The van der Waals surface area contributed by atoms with Crippen molar-refractivity contribution in [2.45, 2.75) is 56.4 Å². The summed E-state index contributed by atoms with van der Waals surface area (Å²) in [5.74, 6) is 3.38. The van der Waals surface area contributed by atoms with Crippen molar-refractivity contribution in [1.29, 1.82) is 0 Å². The highest BCUT2D eigenvalue weighted by Crippen LogP contribution is 2.54. The summed E-state index contributed by atoms with van der Waals surface area (Å²) in [4.78, 5) is 0. The lowest BCUT2D eigenvalue weighted by Gasteiger charge is -2.26. The molecular weight excluding hydrogens is 322 g/mol. The molecule has 3 aliphatic carbocycles. The minimum absolute atomic E-state index is 0.441. The quantitative estimate of drug-likeness (QED) is 0.740.